The molecule has 2 aromatic rings. The molecule has 2 saturated heterocycles. The SMILES string of the molecule is COc1ccccc1CN1CC(C(=O)N2CCN(c3cccc(C(F)(F)F)c3)CC2)CC1=O. The Labute approximate surface area is 190 Å². The number of anilines is 1. The van der Waals surface area contributed by atoms with Gasteiger partial charge >= 0.3 is 6.18 Å². The average Bonchev–Trinajstić information content (AvgIpc) is 3.18. The van der Waals surface area contributed by atoms with E-state index in [0.29, 0.717) is 50.7 Å². The van der Waals surface area contributed by atoms with Crippen molar-refractivity contribution in [2.45, 2.75) is 19.1 Å². The summed E-state index contributed by atoms with van der Waals surface area (Å²) in [4.78, 5) is 30.8. The van der Waals surface area contributed by atoms with Gasteiger partial charge < -0.3 is 19.4 Å². The van der Waals surface area contributed by atoms with E-state index in [4.69, 9.17) is 4.74 Å². The second kappa shape index (κ2) is 9.33. The largest absolute Gasteiger partial charge is 0.496 e. The van der Waals surface area contributed by atoms with Gasteiger partial charge in [-0.25, -0.2) is 0 Å². The topological polar surface area (TPSA) is 53.1 Å². The van der Waals surface area contributed by atoms with Gasteiger partial charge in [0, 0.05) is 56.9 Å². The molecule has 0 radical (unpaired) electrons. The van der Waals surface area contributed by atoms with Gasteiger partial charge in [0.05, 0.1) is 18.6 Å². The molecule has 0 aromatic heterocycles. The number of halogens is 3. The highest BCUT2D eigenvalue weighted by Gasteiger charge is 2.37. The van der Waals surface area contributed by atoms with Gasteiger partial charge in [-0.15, -0.1) is 0 Å². The molecule has 2 fully saturated rings. The van der Waals surface area contributed by atoms with Crippen LogP contribution < -0.4 is 9.64 Å². The lowest BCUT2D eigenvalue weighted by atomic mass is 10.1. The number of hydrogen-bond acceptors (Lipinski definition) is 4. The summed E-state index contributed by atoms with van der Waals surface area (Å²) in [6.07, 6.45) is -4.22. The van der Waals surface area contributed by atoms with Crippen molar-refractivity contribution >= 4 is 17.5 Å². The van der Waals surface area contributed by atoms with E-state index in [-0.39, 0.29) is 18.2 Å². The maximum atomic E-state index is 13.1. The number of para-hydroxylation sites is 1. The van der Waals surface area contributed by atoms with E-state index >= 15 is 0 Å². The highest BCUT2D eigenvalue weighted by Crippen LogP contribution is 2.32. The molecule has 9 heteroatoms. The predicted octanol–water partition coefficient (Wildman–Crippen LogP) is 3.41. The van der Waals surface area contributed by atoms with E-state index in [1.807, 2.05) is 29.2 Å². The second-order valence-corrected chi connectivity index (χ2v) is 8.35. The molecule has 2 heterocycles. The Kier molecular flexibility index (Phi) is 6.49. The normalized spacial score (nSPS) is 19.2. The molecule has 33 heavy (non-hydrogen) atoms. The van der Waals surface area contributed by atoms with Gasteiger partial charge in [0.2, 0.25) is 11.8 Å². The summed E-state index contributed by atoms with van der Waals surface area (Å²) >= 11 is 0. The van der Waals surface area contributed by atoms with E-state index in [1.165, 1.54) is 6.07 Å². The van der Waals surface area contributed by atoms with Crippen LogP contribution in [0.2, 0.25) is 0 Å². The summed E-state index contributed by atoms with van der Waals surface area (Å²) in [5.41, 5.74) is 0.699. The number of nitrogens with zero attached hydrogens (tertiary/aromatic N) is 3. The van der Waals surface area contributed by atoms with Gasteiger partial charge in [-0.05, 0) is 24.3 Å². The van der Waals surface area contributed by atoms with Gasteiger partial charge in [0.25, 0.3) is 0 Å². The maximum absolute atomic E-state index is 13.1. The zero-order chi connectivity index (χ0) is 23.6. The highest BCUT2D eigenvalue weighted by atomic mass is 19.4. The van der Waals surface area contributed by atoms with E-state index < -0.39 is 17.7 Å². The van der Waals surface area contributed by atoms with Crippen LogP contribution in [0.25, 0.3) is 0 Å². The molecule has 2 aromatic carbocycles. The number of carbonyl (C=O) groups excluding carboxylic acids is 2. The van der Waals surface area contributed by atoms with Crippen LogP contribution in [0.15, 0.2) is 48.5 Å². The van der Waals surface area contributed by atoms with Crippen molar-refractivity contribution in [3.63, 3.8) is 0 Å². The van der Waals surface area contributed by atoms with Crippen LogP contribution in [-0.4, -0.2) is 61.4 Å². The number of ether oxygens (including phenoxy) is 1. The van der Waals surface area contributed by atoms with Crippen LogP contribution in [0.1, 0.15) is 17.5 Å². The van der Waals surface area contributed by atoms with Crippen molar-refractivity contribution in [1.82, 2.24) is 9.80 Å². The van der Waals surface area contributed by atoms with Gasteiger partial charge in [-0.2, -0.15) is 13.2 Å². The third-order valence-electron chi connectivity index (χ3n) is 6.25. The molecule has 4 rings (SSSR count). The van der Waals surface area contributed by atoms with Crippen LogP contribution in [0.4, 0.5) is 18.9 Å². The van der Waals surface area contributed by atoms with Crippen molar-refractivity contribution in [3.8, 4) is 5.75 Å². The zero-order valence-corrected chi connectivity index (χ0v) is 18.3. The van der Waals surface area contributed by atoms with Crippen LogP contribution in [0.3, 0.4) is 0 Å². The lowest BCUT2D eigenvalue weighted by Gasteiger charge is -2.37. The van der Waals surface area contributed by atoms with E-state index in [1.54, 1.807) is 23.0 Å². The maximum Gasteiger partial charge on any atom is 0.416 e. The molecule has 6 nitrogen and oxygen atoms in total. The molecule has 2 aliphatic rings. The second-order valence-electron chi connectivity index (χ2n) is 8.35. The van der Waals surface area contributed by atoms with E-state index in [0.717, 1.165) is 17.7 Å². The van der Waals surface area contributed by atoms with E-state index in [9.17, 15) is 22.8 Å². The molecule has 2 amide bonds. The third kappa shape index (κ3) is 5.07. The minimum atomic E-state index is -4.39. The quantitative estimate of drug-likeness (QED) is 0.685. The molecule has 0 spiro atoms. The summed E-state index contributed by atoms with van der Waals surface area (Å²) in [6.45, 7) is 2.44. The minimum absolute atomic E-state index is 0.0677. The number of amides is 2. The molecule has 1 atom stereocenters. The predicted molar refractivity (Wildman–Crippen MR) is 117 cm³/mol. The van der Waals surface area contributed by atoms with Crippen LogP contribution in [-0.2, 0) is 22.3 Å². The Morgan fingerprint density at radius 1 is 1.06 bits per heavy atom. The standard InChI is InChI=1S/C24H26F3N3O3/c1-33-21-8-3-2-5-17(21)15-30-16-18(13-22(30)31)23(32)29-11-9-28(10-12-29)20-7-4-6-19(14-20)24(25,26)27/h2-8,14,18H,9-13,15-16H2,1H3. The van der Waals surface area contributed by atoms with Crippen molar-refractivity contribution in [2.24, 2.45) is 5.92 Å². The molecule has 2 aliphatic heterocycles. The van der Waals surface area contributed by atoms with Gasteiger partial charge in [-0.1, -0.05) is 24.3 Å². The van der Waals surface area contributed by atoms with Crippen LogP contribution in [0, 0.1) is 5.92 Å². The molecule has 0 bridgehead atoms. The van der Waals surface area contributed by atoms with Crippen LogP contribution in [0.5, 0.6) is 5.75 Å². The first-order valence-electron chi connectivity index (χ1n) is 10.9. The van der Waals surface area contributed by atoms with Gasteiger partial charge in [0.1, 0.15) is 5.75 Å². The van der Waals surface area contributed by atoms with Gasteiger partial charge in [0.15, 0.2) is 0 Å². The number of methoxy groups -OCH3 is 1. The summed E-state index contributed by atoms with van der Waals surface area (Å²) in [7, 11) is 1.58. The summed E-state index contributed by atoms with van der Waals surface area (Å²) in [5.74, 6) is 0.148. The molecule has 0 saturated carbocycles. The van der Waals surface area contributed by atoms with Crippen molar-refractivity contribution < 1.29 is 27.5 Å². The third-order valence-corrected chi connectivity index (χ3v) is 6.25. The number of alkyl halides is 3. The van der Waals surface area contributed by atoms with Crippen molar-refractivity contribution in [1.29, 1.82) is 0 Å². The van der Waals surface area contributed by atoms with Crippen molar-refractivity contribution in [2.75, 3.05) is 44.7 Å². The summed E-state index contributed by atoms with van der Waals surface area (Å²) < 4.78 is 44.4. The average molecular weight is 461 g/mol. The van der Waals surface area contributed by atoms with Crippen LogP contribution >= 0.6 is 0 Å². The lowest BCUT2D eigenvalue weighted by molar-refractivity contribution is -0.137. The first-order chi connectivity index (χ1) is 15.8. The molecular weight excluding hydrogens is 435 g/mol. The fourth-order valence-corrected chi connectivity index (χ4v) is 4.45. The van der Waals surface area contributed by atoms with E-state index in [2.05, 4.69) is 0 Å². The fourth-order valence-electron chi connectivity index (χ4n) is 4.45. The molecule has 1 unspecified atom stereocenters. The molecule has 0 aliphatic carbocycles. The Morgan fingerprint density at radius 3 is 2.48 bits per heavy atom. The van der Waals surface area contributed by atoms with Gasteiger partial charge in [-0.3, -0.25) is 9.59 Å². The van der Waals surface area contributed by atoms with Crippen molar-refractivity contribution in [3.05, 3.63) is 59.7 Å². The summed E-state index contributed by atoms with van der Waals surface area (Å²) in [6, 6.07) is 12.7. The Balaban J connectivity index is 1.34. The Bertz CT molecular complexity index is 1020. The molecule has 0 N–H and O–H groups in total. The number of benzene rings is 2. The number of piperazine rings is 1. The minimum Gasteiger partial charge on any atom is -0.496 e. The molecular formula is C24H26F3N3O3. The molecule has 176 valence electrons. The lowest BCUT2D eigenvalue weighted by Crippen LogP contribution is -2.50. The zero-order valence-electron chi connectivity index (χ0n) is 18.3. The number of likely N-dealkylation sites (tertiary alicyclic amines) is 1. The first kappa shape index (κ1) is 22.9. The first-order valence-corrected chi connectivity index (χ1v) is 10.9. The number of hydrogen-bond donors (Lipinski definition) is 0. The highest BCUT2D eigenvalue weighted by molar-refractivity contribution is 5.89. The fraction of sp³-hybridized carbons (Fsp3) is 0.417. The monoisotopic (exact) mass is 461 g/mol. The number of rotatable bonds is 5. The number of carbonyl (C=O) groups is 2. The Morgan fingerprint density at radius 2 is 1.79 bits per heavy atom. The Hall–Kier alpha value is -3.23. The smallest absolute Gasteiger partial charge is 0.416 e. The summed E-state index contributed by atoms with van der Waals surface area (Å²) in [5, 5.41) is 0.